The molecule has 0 radical (unpaired) electrons. The SMILES string of the molecule is CCN([C@H](c1ccc(F)cc1)C(F)(F)F)S(=O)(=O)c1cnccn1. The van der Waals surface area contributed by atoms with Gasteiger partial charge in [0.2, 0.25) is 0 Å². The van der Waals surface area contributed by atoms with Crippen molar-refractivity contribution >= 4 is 10.0 Å². The van der Waals surface area contributed by atoms with Crippen LogP contribution in [0, 0.1) is 5.82 Å². The third-order valence-electron chi connectivity index (χ3n) is 3.21. The second-order valence-corrected chi connectivity index (χ2v) is 6.59. The van der Waals surface area contributed by atoms with E-state index in [1.807, 2.05) is 0 Å². The standard InChI is InChI=1S/C14H13F4N3O2S/c1-2-21(24(22,23)12-9-19-7-8-20-12)13(14(16,17)18)10-3-5-11(15)6-4-10/h3-9,13H,2H2,1H3/t13-/m1/s1. The van der Waals surface area contributed by atoms with Crippen molar-refractivity contribution < 1.29 is 26.0 Å². The zero-order valence-corrected chi connectivity index (χ0v) is 13.2. The number of nitrogens with zero attached hydrogens (tertiary/aromatic N) is 3. The zero-order valence-electron chi connectivity index (χ0n) is 12.4. The molecule has 0 N–H and O–H groups in total. The minimum Gasteiger partial charge on any atom is -0.260 e. The van der Waals surface area contributed by atoms with Gasteiger partial charge in [0.05, 0.1) is 6.20 Å². The Hall–Kier alpha value is -2.07. The highest BCUT2D eigenvalue weighted by Gasteiger charge is 2.49. The molecule has 5 nitrogen and oxygen atoms in total. The average Bonchev–Trinajstić information content (AvgIpc) is 2.53. The molecule has 0 saturated heterocycles. The van der Waals surface area contributed by atoms with Crippen LogP contribution in [0.25, 0.3) is 0 Å². The van der Waals surface area contributed by atoms with E-state index in [-0.39, 0.29) is 4.31 Å². The fraction of sp³-hybridized carbons (Fsp3) is 0.286. The van der Waals surface area contributed by atoms with Crippen LogP contribution in [0.2, 0.25) is 0 Å². The van der Waals surface area contributed by atoms with E-state index in [9.17, 15) is 26.0 Å². The minimum absolute atomic E-state index is 0.268. The first-order valence-electron chi connectivity index (χ1n) is 6.78. The van der Waals surface area contributed by atoms with Gasteiger partial charge in [-0.25, -0.2) is 17.8 Å². The summed E-state index contributed by atoms with van der Waals surface area (Å²) in [6, 6.07) is 1.04. The molecule has 1 aromatic carbocycles. The van der Waals surface area contributed by atoms with E-state index in [1.54, 1.807) is 0 Å². The van der Waals surface area contributed by atoms with Gasteiger partial charge in [-0.05, 0) is 17.7 Å². The smallest absolute Gasteiger partial charge is 0.260 e. The van der Waals surface area contributed by atoms with E-state index in [0.717, 1.165) is 36.7 Å². The van der Waals surface area contributed by atoms with E-state index in [1.165, 1.54) is 13.1 Å². The Bertz CT molecular complexity index is 780. The van der Waals surface area contributed by atoms with Crippen molar-refractivity contribution in [2.45, 2.75) is 24.2 Å². The molecular formula is C14H13F4N3O2S. The summed E-state index contributed by atoms with van der Waals surface area (Å²) in [5, 5.41) is -0.594. The average molecular weight is 363 g/mol. The monoisotopic (exact) mass is 363 g/mol. The number of sulfonamides is 1. The van der Waals surface area contributed by atoms with Gasteiger partial charge in [0.25, 0.3) is 10.0 Å². The molecule has 0 bridgehead atoms. The predicted molar refractivity (Wildman–Crippen MR) is 76.8 cm³/mol. The lowest BCUT2D eigenvalue weighted by Gasteiger charge is -2.31. The lowest BCUT2D eigenvalue weighted by Crippen LogP contribution is -2.42. The van der Waals surface area contributed by atoms with Gasteiger partial charge >= 0.3 is 6.18 Å². The van der Waals surface area contributed by atoms with Crippen LogP contribution in [0.15, 0.2) is 47.9 Å². The summed E-state index contributed by atoms with van der Waals surface area (Å²) in [6.45, 7) is 0.816. The van der Waals surface area contributed by atoms with E-state index < -0.39 is 45.2 Å². The van der Waals surface area contributed by atoms with E-state index in [4.69, 9.17) is 0 Å². The van der Waals surface area contributed by atoms with Crippen LogP contribution < -0.4 is 0 Å². The van der Waals surface area contributed by atoms with Crippen molar-refractivity contribution in [1.82, 2.24) is 14.3 Å². The maximum absolute atomic E-state index is 13.6. The predicted octanol–water partition coefficient (Wildman–Crippen LogP) is 2.93. The Kier molecular flexibility index (Phi) is 5.19. The molecular weight excluding hydrogens is 350 g/mol. The quantitative estimate of drug-likeness (QED) is 0.767. The van der Waals surface area contributed by atoms with Gasteiger partial charge in [0.15, 0.2) is 5.03 Å². The van der Waals surface area contributed by atoms with Crippen LogP contribution in [0.1, 0.15) is 18.5 Å². The van der Waals surface area contributed by atoms with Crippen LogP contribution in [-0.4, -0.2) is 35.4 Å². The molecule has 130 valence electrons. The molecule has 1 atom stereocenters. The number of aromatic nitrogens is 2. The molecule has 0 saturated carbocycles. The number of rotatable bonds is 5. The molecule has 24 heavy (non-hydrogen) atoms. The number of hydrogen-bond acceptors (Lipinski definition) is 4. The molecule has 2 aromatic rings. The second-order valence-electron chi connectivity index (χ2n) is 4.75. The molecule has 0 unspecified atom stereocenters. The highest BCUT2D eigenvalue weighted by Crippen LogP contribution is 2.40. The zero-order chi connectivity index (χ0) is 18.0. The van der Waals surface area contributed by atoms with Crippen LogP contribution in [0.5, 0.6) is 0 Å². The third-order valence-corrected chi connectivity index (χ3v) is 5.03. The van der Waals surface area contributed by atoms with Crippen molar-refractivity contribution in [2.75, 3.05) is 6.54 Å². The van der Waals surface area contributed by atoms with Gasteiger partial charge in [-0.2, -0.15) is 17.5 Å². The van der Waals surface area contributed by atoms with E-state index in [0.29, 0.717) is 0 Å². The van der Waals surface area contributed by atoms with Crippen molar-refractivity contribution in [3.05, 3.63) is 54.2 Å². The molecule has 0 spiro atoms. The Labute approximate surface area is 136 Å². The number of hydrogen-bond donors (Lipinski definition) is 0. The molecule has 0 aliphatic rings. The molecule has 10 heteroatoms. The van der Waals surface area contributed by atoms with Crippen molar-refractivity contribution in [3.8, 4) is 0 Å². The second kappa shape index (κ2) is 6.81. The van der Waals surface area contributed by atoms with Crippen LogP contribution in [0.4, 0.5) is 17.6 Å². The largest absolute Gasteiger partial charge is 0.409 e. The molecule has 1 aromatic heterocycles. The first-order valence-corrected chi connectivity index (χ1v) is 8.22. The summed E-state index contributed by atoms with van der Waals surface area (Å²) < 4.78 is 79.0. The van der Waals surface area contributed by atoms with Crippen LogP contribution >= 0.6 is 0 Å². The summed E-state index contributed by atoms with van der Waals surface area (Å²) in [4.78, 5) is 7.15. The van der Waals surface area contributed by atoms with E-state index >= 15 is 0 Å². The number of alkyl halides is 3. The molecule has 0 amide bonds. The van der Waals surface area contributed by atoms with Gasteiger partial charge in [-0.1, -0.05) is 19.1 Å². The Morgan fingerprint density at radius 3 is 2.25 bits per heavy atom. The normalized spacial score (nSPS) is 13.9. The highest BCUT2D eigenvalue weighted by molar-refractivity contribution is 7.89. The fourth-order valence-electron chi connectivity index (χ4n) is 2.19. The van der Waals surface area contributed by atoms with Crippen LogP contribution in [0.3, 0.4) is 0 Å². The first-order chi connectivity index (χ1) is 11.2. The summed E-state index contributed by atoms with van der Waals surface area (Å²) in [7, 11) is -4.55. The molecule has 0 fully saturated rings. The lowest BCUT2D eigenvalue weighted by molar-refractivity contribution is -0.173. The first kappa shape index (κ1) is 18.3. The van der Waals surface area contributed by atoms with Gasteiger partial charge in [0, 0.05) is 18.9 Å². The van der Waals surface area contributed by atoms with Crippen molar-refractivity contribution in [1.29, 1.82) is 0 Å². The van der Waals surface area contributed by atoms with Gasteiger partial charge < -0.3 is 0 Å². The summed E-state index contributed by atoms with van der Waals surface area (Å²) >= 11 is 0. The maximum Gasteiger partial charge on any atom is 0.409 e. The molecule has 1 heterocycles. The molecule has 0 aliphatic heterocycles. The summed E-state index contributed by atoms with van der Waals surface area (Å²) in [5.74, 6) is -0.723. The lowest BCUT2D eigenvalue weighted by atomic mass is 10.1. The van der Waals surface area contributed by atoms with Gasteiger partial charge in [-0.15, -0.1) is 0 Å². The summed E-state index contributed by atoms with van der Waals surface area (Å²) in [6.07, 6.45) is -1.75. The molecule has 0 aliphatic carbocycles. The Balaban J connectivity index is 2.57. The Morgan fingerprint density at radius 2 is 1.79 bits per heavy atom. The van der Waals surface area contributed by atoms with Gasteiger partial charge in [-0.3, -0.25) is 4.98 Å². The topological polar surface area (TPSA) is 63.2 Å². The fourth-order valence-corrected chi connectivity index (χ4v) is 3.68. The van der Waals surface area contributed by atoms with E-state index in [2.05, 4.69) is 9.97 Å². The highest BCUT2D eigenvalue weighted by atomic mass is 32.2. The van der Waals surface area contributed by atoms with Crippen molar-refractivity contribution in [2.24, 2.45) is 0 Å². The summed E-state index contributed by atoms with van der Waals surface area (Å²) in [5.41, 5.74) is -0.391. The van der Waals surface area contributed by atoms with Crippen molar-refractivity contribution in [3.63, 3.8) is 0 Å². The van der Waals surface area contributed by atoms with Crippen LogP contribution in [-0.2, 0) is 10.0 Å². The minimum atomic E-state index is -4.90. The third kappa shape index (κ3) is 3.70. The number of benzene rings is 1. The maximum atomic E-state index is 13.6. The number of halogens is 4. The molecule has 2 rings (SSSR count). The Morgan fingerprint density at radius 1 is 1.17 bits per heavy atom. The van der Waals surface area contributed by atoms with Gasteiger partial charge in [0.1, 0.15) is 11.9 Å².